The highest BCUT2D eigenvalue weighted by molar-refractivity contribution is 5.80. The van der Waals surface area contributed by atoms with Crippen molar-refractivity contribution in [3.8, 4) is 5.95 Å². The lowest BCUT2D eigenvalue weighted by Gasteiger charge is -2.18. The van der Waals surface area contributed by atoms with Gasteiger partial charge in [0.2, 0.25) is 5.58 Å². The maximum atomic E-state index is 11.9. The first-order valence-corrected chi connectivity index (χ1v) is 5.62. The molecule has 0 aromatic carbocycles. The van der Waals surface area contributed by atoms with E-state index >= 15 is 0 Å². The molecule has 2 heterocycles. The number of rotatable bonds is 3. The monoisotopic (exact) mass is 250 g/mol. The molecule has 5 heteroatoms. The van der Waals surface area contributed by atoms with E-state index in [0.29, 0.717) is 6.42 Å². The molecule has 2 rings (SSSR count). The number of fused-ring (bicyclic) bond motifs is 2. The largest absolute Gasteiger partial charge is 0.450 e. The minimum absolute atomic E-state index is 0.204. The van der Waals surface area contributed by atoms with Crippen LogP contribution in [0.5, 0.6) is 5.95 Å². The summed E-state index contributed by atoms with van der Waals surface area (Å²) in [6, 6.07) is 1.45. The van der Waals surface area contributed by atoms with Gasteiger partial charge in [-0.2, -0.15) is 0 Å². The van der Waals surface area contributed by atoms with Crippen molar-refractivity contribution in [3.05, 3.63) is 21.9 Å². The fourth-order valence-electron chi connectivity index (χ4n) is 1.33. The van der Waals surface area contributed by atoms with Gasteiger partial charge < -0.3 is 13.6 Å². The Balaban J connectivity index is 2.41. The number of esters is 1. The Morgan fingerprint density at radius 2 is 2.11 bits per heavy atom. The van der Waals surface area contributed by atoms with Gasteiger partial charge in [-0.25, -0.2) is 4.79 Å². The number of hydrogen-bond donors (Lipinski definition) is 0. The molecule has 0 saturated carbocycles. The van der Waals surface area contributed by atoms with Gasteiger partial charge in [-0.3, -0.25) is 4.79 Å². The van der Waals surface area contributed by atoms with Gasteiger partial charge in [0.1, 0.15) is 10.8 Å². The summed E-state index contributed by atoms with van der Waals surface area (Å²) in [7, 11) is 0. The lowest BCUT2D eigenvalue weighted by Crippen LogP contribution is -2.28. The summed E-state index contributed by atoms with van der Waals surface area (Å²) in [5.41, 5.74) is -0.872. The van der Waals surface area contributed by atoms with Crippen molar-refractivity contribution < 1.29 is 18.4 Å². The molecule has 0 N–H and O–H groups in total. The summed E-state index contributed by atoms with van der Waals surface area (Å²) >= 11 is 0. The summed E-state index contributed by atoms with van der Waals surface area (Å²) in [5, 5.41) is 0.250. The van der Waals surface area contributed by atoms with E-state index in [1.807, 2.05) is 6.92 Å². The highest BCUT2D eigenvalue weighted by atomic mass is 16.6. The van der Waals surface area contributed by atoms with E-state index in [0.717, 1.165) is 0 Å². The van der Waals surface area contributed by atoms with Crippen LogP contribution in [0.25, 0.3) is 17.5 Å². The molecule has 18 heavy (non-hydrogen) atoms. The average molecular weight is 250 g/mol. The van der Waals surface area contributed by atoms with Crippen molar-refractivity contribution in [2.24, 2.45) is 5.41 Å². The standard InChI is InChI=1S/C13H14O5/c1-5-13(3,4)12(15)18-11-9-6-8(7(2)16-9)10(14)17-11/h6H,2,5H2,1,3-4H3. The number of ether oxygens (including phenoxy) is 1. The molecule has 0 aliphatic heterocycles. The summed E-state index contributed by atoms with van der Waals surface area (Å²) in [4.78, 5) is 23.4. The molecule has 5 nitrogen and oxygen atoms in total. The van der Waals surface area contributed by atoms with Gasteiger partial charge in [-0.15, -0.1) is 0 Å². The zero-order chi connectivity index (χ0) is 13.5. The molecule has 0 aliphatic carbocycles. The molecule has 0 saturated heterocycles. The van der Waals surface area contributed by atoms with Gasteiger partial charge in [-0.1, -0.05) is 13.5 Å². The van der Waals surface area contributed by atoms with Crippen LogP contribution >= 0.6 is 0 Å². The van der Waals surface area contributed by atoms with Crippen molar-refractivity contribution in [1.29, 1.82) is 0 Å². The van der Waals surface area contributed by atoms with Crippen molar-refractivity contribution in [2.45, 2.75) is 27.2 Å². The molecule has 0 fully saturated rings. The topological polar surface area (TPSA) is 69.7 Å². The molecule has 2 aromatic heterocycles. The Kier molecular flexibility index (Phi) is 2.77. The van der Waals surface area contributed by atoms with Crippen LogP contribution in [0.4, 0.5) is 0 Å². The fraction of sp³-hybridized carbons (Fsp3) is 0.385. The first-order chi connectivity index (χ1) is 8.35. The minimum atomic E-state index is -0.653. The molecular formula is C13H14O5. The second-order valence-electron chi connectivity index (χ2n) is 4.75. The second kappa shape index (κ2) is 4.01. The van der Waals surface area contributed by atoms with Gasteiger partial charge in [0.25, 0.3) is 0 Å². The van der Waals surface area contributed by atoms with E-state index in [-0.39, 0.29) is 22.3 Å². The summed E-state index contributed by atoms with van der Waals surface area (Å²) in [6.45, 7) is 8.93. The van der Waals surface area contributed by atoms with Crippen LogP contribution in [0.2, 0.25) is 0 Å². The van der Waals surface area contributed by atoms with Crippen LogP contribution in [0, 0.1) is 5.41 Å². The van der Waals surface area contributed by atoms with Crippen LogP contribution in [0.15, 0.2) is 19.7 Å². The lowest BCUT2D eigenvalue weighted by atomic mass is 9.91. The van der Waals surface area contributed by atoms with Gasteiger partial charge in [0.15, 0.2) is 0 Å². The normalized spacial score (nSPS) is 11.9. The first-order valence-electron chi connectivity index (χ1n) is 5.62. The second-order valence-corrected chi connectivity index (χ2v) is 4.75. The van der Waals surface area contributed by atoms with E-state index in [1.165, 1.54) is 6.07 Å². The van der Waals surface area contributed by atoms with Crippen LogP contribution in [-0.4, -0.2) is 5.97 Å². The van der Waals surface area contributed by atoms with Crippen molar-refractivity contribution in [3.63, 3.8) is 0 Å². The number of carbonyl (C=O) groups excluding carboxylic acids is 1. The van der Waals surface area contributed by atoms with E-state index in [1.54, 1.807) is 13.8 Å². The molecule has 96 valence electrons. The first kappa shape index (κ1) is 12.4. The Morgan fingerprint density at radius 3 is 2.72 bits per heavy atom. The van der Waals surface area contributed by atoms with Crippen LogP contribution in [0.3, 0.4) is 0 Å². The smallest absolute Gasteiger partial charge is 0.349 e. The number of furan rings is 1. The van der Waals surface area contributed by atoms with Crippen LogP contribution in [0.1, 0.15) is 27.2 Å². The molecule has 0 radical (unpaired) electrons. The van der Waals surface area contributed by atoms with Crippen molar-refractivity contribution >= 4 is 23.5 Å². The summed E-state index contributed by atoms with van der Waals surface area (Å²) < 4.78 is 15.2. The summed E-state index contributed by atoms with van der Waals surface area (Å²) in [6.07, 6.45) is 0.608. The zero-order valence-electron chi connectivity index (χ0n) is 10.5. The molecule has 2 aromatic rings. The number of hydrogen-bond acceptors (Lipinski definition) is 5. The Hall–Kier alpha value is -2.04. The average Bonchev–Trinajstić information content (AvgIpc) is 2.65. The van der Waals surface area contributed by atoms with E-state index in [9.17, 15) is 9.59 Å². The highest BCUT2D eigenvalue weighted by Crippen LogP contribution is 2.26. The molecule has 0 aliphatic rings. The predicted molar refractivity (Wildman–Crippen MR) is 65.2 cm³/mol. The van der Waals surface area contributed by atoms with Crippen molar-refractivity contribution in [1.82, 2.24) is 0 Å². The fourth-order valence-corrected chi connectivity index (χ4v) is 1.33. The Bertz CT molecular complexity index is 689. The molecule has 0 spiro atoms. The van der Waals surface area contributed by atoms with Gasteiger partial charge in [0.05, 0.1) is 5.41 Å². The molecular weight excluding hydrogens is 236 g/mol. The minimum Gasteiger partial charge on any atom is -0.450 e. The summed E-state index contributed by atoms with van der Waals surface area (Å²) in [5.74, 6) is -0.688. The predicted octanol–water partition coefficient (Wildman–Crippen LogP) is 1.86. The molecule has 2 bridgehead atoms. The van der Waals surface area contributed by atoms with Gasteiger partial charge in [-0.05, 0) is 20.3 Å². The zero-order valence-corrected chi connectivity index (χ0v) is 10.5. The third kappa shape index (κ3) is 1.92. The van der Waals surface area contributed by atoms with E-state index in [4.69, 9.17) is 13.6 Å². The van der Waals surface area contributed by atoms with Crippen LogP contribution in [-0.2, 0) is 4.79 Å². The van der Waals surface area contributed by atoms with Crippen LogP contribution < -0.4 is 15.8 Å². The number of carbonyl (C=O) groups is 1. The maximum Gasteiger partial charge on any atom is 0.349 e. The SMILES string of the molecule is C=c1oc2cc1c(=O)oc2OC(=O)C(C)(C)CC. The van der Waals surface area contributed by atoms with Gasteiger partial charge in [0, 0.05) is 6.07 Å². The highest BCUT2D eigenvalue weighted by Gasteiger charge is 2.29. The van der Waals surface area contributed by atoms with E-state index < -0.39 is 17.0 Å². The Labute approximate surface area is 103 Å². The lowest BCUT2D eigenvalue weighted by molar-refractivity contribution is -0.145. The molecule has 0 unspecified atom stereocenters. The maximum absolute atomic E-state index is 11.9. The van der Waals surface area contributed by atoms with E-state index in [2.05, 4.69) is 6.58 Å². The molecule has 0 atom stereocenters. The molecule has 0 amide bonds. The van der Waals surface area contributed by atoms with Gasteiger partial charge >= 0.3 is 17.5 Å². The quantitative estimate of drug-likeness (QED) is 0.777. The van der Waals surface area contributed by atoms with Crippen molar-refractivity contribution in [2.75, 3.05) is 0 Å². The Morgan fingerprint density at radius 1 is 1.44 bits per heavy atom. The third-order valence-electron chi connectivity index (χ3n) is 3.04. The third-order valence-corrected chi connectivity index (χ3v) is 3.04.